The SMILES string of the molecule is NCC(Sc1ccccc1F)c1ccc(Cl)s1. The van der Waals surface area contributed by atoms with Gasteiger partial charge in [-0.25, -0.2) is 4.39 Å². The summed E-state index contributed by atoms with van der Waals surface area (Å²) in [7, 11) is 0. The van der Waals surface area contributed by atoms with Crippen LogP contribution in [0.1, 0.15) is 10.1 Å². The first-order chi connectivity index (χ1) is 8.20. The summed E-state index contributed by atoms with van der Waals surface area (Å²) >= 11 is 8.81. The van der Waals surface area contributed by atoms with E-state index in [0.717, 1.165) is 9.21 Å². The Balaban J connectivity index is 2.18. The zero-order valence-corrected chi connectivity index (χ0v) is 11.3. The van der Waals surface area contributed by atoms with E-state index in [1.54, 1.807) is 12.1 Å². The van der Waals surface area contributed by atoms with Crippen LogP contribution < -0.4 is 5.73 Å². The standard InChI is InChI=1S/C12H11ClFNS2/c13-12-6-5-10(17-12)11(7-15)16-9-4-2-1-3-8(9)14/h1-6,11H,7,15H2. The molecule has 1 aromatic carbocycles. The number of thioether (sulfide) groups is 1. The lowest BCUT2D eigenvalue weighted by Crippen LogP contribution is -2.08. The minimum Gasteiger partial charge on any atom is -0.329 e. The maximum atomic E-state index is 13.5. The van der Waals surface area contributed by atoms with Gasteiger partial charge in [0.15, 0.2) is 0 Å². The van der Waals surface area contributed by atoms with Crippen molar-refractivity contribution in [2.75, 3.05) is 6.54 Å². The van der Waals surface area contributed by atoms with E-state index < -0.39 is 0 Å². The second kappa shape index (κ2) is 5.87. The van der Waals surface area contributed by atoms with Crippen molar-refractivity contribution in [3.63, 3.8) is 0 Å². The van der Waals surface area contributed by atoms with Gasteiger partial charge in [0.25, 0.3) is 0 Å². The van der Waals surface area contributed by atoms with Gasteiger partial charge in [0.05, 0.1) is 9.59 Å². The lowest BCUT2D eigenvalue weighted by molar-refractivity contribution is 0.601. The zero-order chi connectivity index (χ0) is 12.3. The average Bonchev–Trinajstić information content (AvgIpc) is 2.75. The highest BCUT2D eigenvalue weighted by atomic mass is 35.5. The monoisotopic (exact) mass is 287 g/mol. The molecule has 0 aliphatic carbocycles. The van der Waals surface area contributed by atoms with Crippen LogP contribution in [0.2, 0.25) is 4.34 Å². The van der Waals surface area contributed by atoms with Crippen molar-refractivity contribution in [2.24, 2.45) is 5.73 Å². The Morgan fingerprint density at radius 2 is 2.06 bits per heavy atom. The fraction of sp³-hybridized carbons (Fsp3) is 0.167. The number of hydrogen-bond donors (Lipinski definition) is 1. The van der Waals surface area contributed by atoms with E-state index in [1.807, 2.05) is 18.2 Å². The number of thiophene rings is 1. The summed E-state index contributed by atoms with van der Waals surface area (Å²) in [6.45, 7) is 0.454. The molecule has 1 heterocycles. The van der Waals surface area contributed by atoms with Gasteiger partial charge < -0.3 is 5.73 Å². The summed E-state index contributed by atoms with van der Waals surface area (Å²) in [5.74, 6) is -0.210. The van der Waals surface area contributed by atoms with E-state index in [1.165, 1.54) is 29.2 Å². The van der Waals surface area contributed by atoms with Gasteiger partial charge in [-0.3, -0.25) is 0 Å². The minimum atomic E-state index is -0.210. The molecule has 2 aromatic rings. The molecule has 2 N–H and O–H groups in total. The highest BCUT2D eigenvalue weighted by Gasteiger charge is 2.15. The van der Waals surface area contributed by atoms with E-state index in [2.05, 4.69) is 0 Å². The Morgan fingerprint density at radius 1 is 1.29 bits per heavy atom. The molecule has 1 nitrogen and oxygen atoms in total. The van der Waals surface area contributed by atoms with Gasteiger partial charge in [0.2, 0.25) is 0 Å². The molecule has 0 radical (unpaired) electrons. The number of hydrogen-bond acceptors (Lipinski definition) is 3. The number of rotatable bonds is 4. The Kier molecular flexibility index (Phi) is 4.45. The normalized spacial score (nSPS) is 12.6. The molecule has 1 aromatic heterocycles. The van der Waals surface area contributed by atoms with Gasteiger partial charge in [-0.15, -0.1) is 23.1 Å². The van der Waals surface area contributed by atoms with Gasteiger partial charge in [-0.05, 0) is 24.3 Å². The molecule has 2 rings (SSSR count). The van der Waals surface area contributed by atoms with Gasteiger partial charge >= 0.3 is 0 Å². The third-order valence-corrected chi connectivity index (χ3v) is 5.04. The molecule has 1 atom stereocenters. The number of halogens is 2. The molecule has 0 spiro atoms. The smallest absolute Gasteiger partial charge is 0.136 e. The summed E-state index contributed by atoms with van der Waals surface area (Å²) in [6.07, 6.45) is 0. The average molecular weight is 288 g/mol. The molecule has 17 heavy (non-hydrogen) atoms. The van der Waals surface area contributed by atoms with Gasteiger partial charge in [0, 0.05) is 16.3 Å². The Morgan fingerprint density at radius 3 is 2.65 bits per heavy atom. The number of benzene rings is 1. The Hall–Kier alpha value is -0.550. The van der Waals surface area contributed by atoms with E-state index in [9.17, 15) is 4.39 Å². The first-order valence-electron chi connectivity index (χ1n) is 5.07. The van der Waals surface area contributed by atoms with Crippen LogP contribution >= 0.6 is 34.7 Å². The third-order valence-electron chi connectivity index (χ3n) is 2.23. The van der Waals surface area contributed by atoms with Gasteiger partial charge in [-0.1, -0.05) is 23.7 Å². The van der Waals surface area contributed by atoms with Crippen LogP contribution in [-0.2, 0) is 0 Å². The van der Waals surface area contributed by atoms with E-state index in [0.29, 0.717) is 11.4 Å². The van der Waals surface area contributed by atoms with Crippen LogP contribution in [0.4, 0.5) is 4.39 Å². The van der Waals surface area contributed by atoms with Crippen LogP contribution in [-0.4, -0.2) is 6.54 Å². The topological polar surface area (TPSA) is 26.0 Å². The molecule has 0 aliphatic rings. The fourth-order valence-electron chi connectivity index (χ4n) is 1.42. The molecule has 5 heteroatoms. The highest BCUT2D eigenvalue weighted by Crippen LogP contribution is 2.39. The Labute approximate surface area is 113 Å². The molecular formula is C12H11ClFNS2. The molecule has 90 valence electrons. The third kappa shape index (κ3) is 3.22. The molecule has 0 bridgehead atoms. The maximum absolute atomic E-state index is 13.5. The zero-order valence-electron chi connectivity index (χ0n) is 8.90. The predicted octanol–water partition coefficient (Wildman–Crippen LogP) is 4.33. The van der Waals surface area contributed by atoms with Crippen LogP contribution in [0.25, 0.3) is 0 Å². The maximum Gasteiger partial charge on any atom is 0.136 e. The molecule has 0 saturated heterocycles. The van der Waals surface area contributed by atoms with Crippen LogP contribution in [0, 0.1) is 5.82 Å². The van der Waals surface area contributed by atoms with Crippen LogP contribution in [0.5, 0.6) is 0 Å². The summed E-state index contributed by atoms with van der Waals surface area (Å²) in [4.78, 5) is 1.69. The molecule has 0 fully saturated rings. The highest BCUT2D eigenvalue weighted by molar-refractivity contribution is 7.99. The van der Waals surface area contributed by atoms with E-state index in [-0.39, 0.29) is 11.1 Å². The van der Waals surface area contributed by atoms with Crippen LogP contribution in [0.3, 0.4) is 0 Å². The summed E-state index contributed by atoms with van der Waals surface area (Å²) < 4.78 is 14.3. The largest absolute Gasteiger partial charge is 0.329 e. The van der Waals surface area contributed by atoms with Gasteiger partial charge in [0.1, 0.15) is 5.82 Å². The van der Waals surface area contributed by atoms with Crippen LogP contribution in [0.15, 0.2) is 41.3 Å². The minimum absolute atomic E-state index is 0.0457. The molecule has 0 saturated carbocycles. The van der Waals surface area contributed by atoms with Crippen molar-refractivity contribution >= 4 is 34.7 Å². The second-order valence-corrected chi connectivity index (χ2v) is 6.41. The Bertz CT molecular complexity index is 501. The quantitative estimate of drug-likeness (QED) is 0.847. The van der Waals surface area contributed by atoms with Crippen molar-refractivity contribution in [3.05, 3.63) is 51.4 Å². The first kappa shape index (κ1) is 12.9. The second-order valence-electron chi connectivity index (χ2n) is 3.41. The lowest BCUT2D eigenvalue weighted by Gasteiger charge is -2.12. The molecular weight excluding hydrogens is 277 g/mol. The fourth-order valence-corrected chi connectivity index (χ4v) is 3.70. The predicted molar refractivity (Wildman–Crippen MR) is 73.4 cm³/mol. The summed E-state index contributed by atoms with van der Waals surface area (Å²) in [5, 5.41) is 0.0457. The van der Waals surface area contributed by atoms with E-state index >= 15 is 0 Å². The van der Waals surface area contributed by atoms with Crippen molar-refractivity contribution in [2.45, 2.75) is 10.1 Å². The number of nitrogens with two attached hydrogens (primary N) is 1. The first-order valence-corrected chi connectivity index (χ1v) is 7.14. The molecule has 1 unspecified atom stereocenters. The molecule has 0 amide bonds. The summed E-state index contributed by atoms with van der Waals surface area (Å²) in [6, 6.07) is 10.5. The van der Waals surface area contributed by atoms with Crippen molar-refractivity contribution < 1.29 is 4.39 Å². The van der Waals surface area contributed by atoms with Crippen molar-refractivity contribution in [3.8, 4) is 0 Å². The van der Waals surface area contributed by atoms with E-state index in [4.69, 9.17) is 17.3 Å². The van der Waals surface area contributed by atoms with Crippen molar-refractivity contribution in [1.29, 1.82) is 0 Å². The van der Waals surface area contributed by atoms with Crippen molar-refractivity contribution in [1.82, 2.24) is 0 Å². The van der Waals surface area contributed by atoms with Gasteiger partial charge in [-0.2, -0.15) is 0 Å². The lowest BCUT2D eigenvalue weighted by atomic mass is 10.3. The summed E-state index contributed by atoms with van der Waals surface area (Å²) in [5.41, 5.74) is 5.73. The molecule has 0 aliphatic heterocycles.